The molecule has 0 aliphatic rings. The predicted molar refractivity (Wildman–Crippen MR) is 69.9 cm³/mol. The van der Waals surface area contributed by atoms with E-state index in [-0.39, 0.29) is 38.1 Å². The smallest absolute Gasteiger partial charge is 0.246 e. The Morgan fingerprint density at radius 1 is 0.895 bits per heavy atom. The molecule has 6 nitrogen and oxygen atoms in total. The molecule has 0 aromatic heterocycles. The lowest BCUT2D eigenvalue weighted by Crippen LogP contribution is -2.28. The lowest BCUT2D eigenvalue weighted by molar-refractivity contribution is -0.125. The minimum Gasteiger partial charge on any atom is -0.372 e. The third kappa shape index (κ3) is 12.2. The summed E-state index contributed by atoms with van der Waals surface area (Å²) >= 11 is 0. The minimum atomic E-state index is -0.257. The van der Waals surface area contributed by atoms with E-state index in [9.17, 15) is 9.59 Å². The van der Waals surface area contributed by atoms with Gasteiger partial charge in [-0.2, -0.15) is 0 Å². The number of carbonyl (C=O) groups excluding carboxylic acids is 2. The molecule has 0 fully saturated rings. The molecule has 0 aliphatic carbocycles. The van der Waals surface area contributed by atoms with Gasteiger partial charge in [0.15, 0.2) is 0 Å². The van der Waals surface area contributed by atoms with Crippen LogP contribution in [0.4, 0.5) is 0 Å². The van der Waals surface area contributed by atoms with Gasteiger partial charge in [0.2, 0.25) is 11.8 Å². The van der Waals surface area contributed by atoms with Gasteiger partial charge in [0.1, 0.15) is 13.2 Å². The van der Waals surface area contributed by atoms with E-state index in [0.29, 0.717) is 19.6 Å². The van der Waals surface area contributed by atoms with Crippen LogP contribution in [0.1, 0.15) is 6.42 Å². The standard InChI is InChI=1S/C13H18N2O4/c1-3-6-14-12(16)10-18-8-5-9-19-11-13(17)15-7-4-2/h1-2H,5-11H2,(H,14,16)(H,15,17). The molecule has 0 aromatic carbocycles. The average molecular weight is 266 g/mol. The molecule has 2 amide bonds. The van der Waals surface area contributed by atoms with E-state index < -0.39 is 0 Å². The highest BCUT2D eigenvalue weighted by atomic mass is 16.5. The van der Waals surface area contributed by atoms with Crippen LogP contribution >= 0.6 is 0 Å². The average Bonchev–Trinajstić information content (AvgIpc) is 2.41. The van der Waals surface area contributed by atoms with E-state index in [1.54, 1.807) is 0 Å². The van der Waals surface area contributed by atoms with Crippen LogP contribution in [0.2, 0.25) is 0 Å². The number of terminal acetylenes is 2. The van der Waals surface area contributed by atoms with E-state index in [1.807, 2.05) is 0 Å². The predicted octanol–water partition coefficient (Wildman–Crippen LogP) is -1.09. The molecule has 0 bridgehead atoms. The second kappa shape index (κ2) is 12.4. The highest BCUT2D eigenvalue weighted by molar-refractivity contribution is 5.77. The first kappa shape index (κ1) is 17.0. The van der Waals surface area contributed by atoms with Gasteiger partial charge in [0.05, 0.1) is 13.1 Å². The van der Waals surface area contributed by atoms with E-state index in [2.05, 4.69) is 22.5 Å². The second-order valence-corrected chi connectivity index (χ2v) is 3.42. The zero-order valence-corrected chi connectivity index (χ0v) is 10.7. The topological polar surface area (TPSA) is 76.7 Å². The fourth-order valence-electron chi connectivity index (χ4n) is 0.994. The lowest BCUT2D eigenvalue weighted by Gasteiger charge is -2.05. The molecule has 0 unspecified atom stereocenters. The Hall–Kier alpha value is -2.02. The van der Waals surface area contributed by atoms with Crippen molar-refractivity contribution in [2.24, 2.45) is 0 Å². The van der Waals surface area contributed by atoms with Crippen molar-refractivity contribution in [3.8, 4) is 24.7 Å². The highest BCUT2D eigenvalue weighted by Crippen LogP contribution is 1.85. The highest BCUT2D eigenvalue weighted by Gasteiger charge is 2.01. The van der Waals surface area contributed by atoms with Crippen LogP contribution in [0.15, 0.2) is 0 Å². The zero-order valence-electron chi connectivity index (χ0n) is 10.7. The third-order valence-electron chi connectivity index (χ3n) is 1.82. The molecule has 0 radical (unpaired) electrons. The van der Waals surface area contributed by atoms with Crippen molar-refractivity contribution in [2.75, 3.05) is 39.5 Å². The van der Waals surface area contributed by atoms with Crippen LogP contribution in [0.5, 0.6) is 0 Å². The Labute approximate surface area is 113 Å². The van der Waals surface area contributed by atoms with Crippen molar-refractivity contribution in [1.29, 1.82) is 0 Å². The molecular weight excluding hydrogens is 248 g/mol. The molecule has 0 aromatic rings. The normalized spacial score (nSPS) is 9.16. The van der Waals surface area contributed by atoms with Gasteiger partial charge >= 0.3 is 0 Å². The summed E-state index contributed by atoms with van der Waals surface area (Å²) in [6, 6.07) is 0. The summed E-state index contributed by atoms with van der Waals surface area (Å²) in [5.41, 5.74) is 0. The Morgan fingerprint density at radius 3 is 1.68 bits per heavy atom. The summed E-state index contributed by atoms with van der Waals surface area (Å²) in [5, 5.41) is 4.94. The van der Waals surface area contributed by atoms with Gasteiger partial charge in [-0.25, -0.2) is 0 Å². The summed E-state index contributed by atoms with van der Waals surface area (Å²) in [7, 11) is 0. The number of nitrogens with one attached hydrogen (secondary N) is 2. The van der Waals surface area contributed by atoms with Gasteiger partial charge in [0, 0.05) is 13.2 Å². The molecule has 19 heavy (non-hydrogen) atoms. The molecule has 2 N–H and O–H groups in total. The minimum absolute atomic E-state index is 0.0374. The van der Waals surface area contributed by atoms with Gasteiger partial charge in [-0.15, -0.1) is 12.8 Å². The van der Waals surface area contributed by atoms with Crippen molar-refractivity contribution in [3.63, 3.8) is 0 Å². The van der Waals surface area contributed by atoms with Gasteiger partial charge in [-0.1, -0.05) is 11.8 Å². The van der Waals surface area contributed by atoms with Crippen LogP contribution in [0.3, 0.4) is 0 Å². The molecule has 0 saturated heterocycles. The lowest BCUT2D eigenvalue weighted by atomic mass is 10.5. The summed E-state index contributed by atoms with van der Waals surface area (Å²) in [6.45, 7) is 1.05. The van der Waals surface area contributed by atoms with Crippen molar-refractivity contribution in [1.82, 2.24) is 10.6 Å². The van der Waals surface area contributed by atoms with Crippen LogP contribution in [-0.2, 0) is 19.1 Å². The Kier molecular flexibility index (Phi) is 11.1. The first-order valence-corrected chi connectivity index (χ1v) is 5.76. The molecule has 0 saturated carbocycles. The quantitative estimate of drug-likeness (QED) is 0.389. The Morgan fingerprint density at radius 2 is 1.32 bits per heavy atom. The maximum absolute atomic E-state index is 11.0. The van der Waals surface area contributed by atoms with Crippen molar-refractivity contribution in [3.05, 3.63) is 0 Å². The van der Waals surface area contributed by atoms with Crippen LogP contribution in [0.25, 0.3) is 0 Å². The van der Waals surface area contributed by atoms with Crippen molar-refractivity contribution >= 4 is 11.8 Å². The Bertz CT molecular complexity index is 321. The second-order valence-electron chi connectivity index (χ2n) is 3.42. The number of hydrogen-bond donors (Lipinski definition) is 2. The van der Waals surface area contributed by atoms with Crippen LogP contribution < -0.4 is 10.6 Å². The maximum Gasteiger partial charge on any atom is 0.246 e. The van der Waals surface area contributed by atoms with Gasteiger partial charge < -0.3 is 20.1 Å². The maximum atomic E-state index is 11.0. The molecule has 0 spiro atoms. The first-order valence-electron chi connectivity index (χ1n) is 5.76. The van der Waals surface area contributed by atoms with E-state index in [4.69, 9.17) is 22.3 Å². The molecule has 0 rings (SSSR count). The van der Waals surface area contributed by atoms with Gasteiger partial charge in [-0.3, -0.25) is 9.59 Å². The fourth-order valence-corrected chi connectivity index (χ4v) is 0.994. The van der Waals surface area contributed by atoms with Crippen LogP contribution in [0, 0.1) is 24.7 Å². The summed E-state index contributed by atoms with van der Waals surface area (Å²) in [4.78, 5) is 22.1. The van der Waals surface area contributed by atoms with E-state index in [0.717, 1.165) is 0 Å². The number of rotatable bonds is 10. The molecule has 0 heterocycles. The first-order chi connectivity index (χ1) is 9.20. The number of hydrogen-bond acceptors (Lipinski definition) is 4. The van der Waals surface area contributed by atoms with Crippen molar-refractivity contribution in [2.45, 2.75) is 6.42 Å². The SMILES string of the molecule is C#CCNC(=O)COCCCOCC(=O)NCC#C. The molecule has 0 atom stereocenters. The fraction of sp³-hybridized carbons (Fsp3) is 0.538. The summed E-state index contributed by atoms with van der Waals surface area (Å²) < 4.78 is 10.2. The number of carbonyl (C=O) groups is 2. The molecule has 6 heteroatoms. The zero-order chi connectivity index (χ0) is 14.3. The molecular formula is C13H18N2O4. The monoisotopic (exact) mass is 266 g/mol. The summed E-state index contributed by atoms with van der Waals surface area (Å²) in [5.74, 6) is 4.05. The van der Waals surface area contributed by atoms with E-state index >= 15 is 0 Å². The largest absolute Gasteiger partial charge is 0.372 e. The number of amides is 2. The van der Waals surface area contributed by atoms with Gasteiger partial charge in [0.25, 0.3) is 0 Å². The molecule has 0 aliphatic heterocycles. The van der Waals surface area contributed by atoms with Crippen LogP contribution in [-0.4, -0.2) is 51.3 Å². The van der Waals surface area contributed by atoms with Gasteiger partial charge in [-0.05, 0) is 6.42 Å². The number of ether oxygens (including phenoxy) is 2. The summed E-state index contributed by atoms with van der Waals surface area (Å²) in [6.07, 6.45) is 10.5. The van der Waals surface area contributed by atoms with Crippen molar-refractivity contribution < 1.29 is 19.1 Å². The van der Waals surface area contributed by atoms with E-state index in [1.165, 1.54) is 0 Å². The Balaban J connectivity index is 3.28. The molecule has 104 valence electrons. The third-order valence-corrected chi connectivity index (χ3v) is 1.82.